The molecule has 1 aromatic rings. The molecule has 16 heavy (non-hydrogen) atoms. The molecule has 0 spiro atoms. The molecule has 0 aliphatic rings. The molecule has 0 aromatic carbocycles. The third kappa shape index (κ3) is 2.88. The Kier molecular flexibility index (Phi) is 3.80. The number of hydrogen-bond donors (Lipinski definition) is 0. The van der Waals surface area contributed by atoms with Crippen LogP contribution in [0.5, 0.6) is 0 Å². The first-order valence-electron chi connectivity index (χ1n) is 5.91. The summed E-state index contributed by atoms with van der Waals surface area (Å²) in [6.07, 6.45) is 4.23. The molecule has 2 heteroatoms. The van der Waals surface area contributed by atoms with Gasteiger partial charge in [-0.25, -0.2) is 0 Å². The highest BCUT2D eigenvalue weighted by Crippen LogP contribution is 2.22. The van der Waals surface area contributed by atoms with Crippen LogP contribution < -0.4 is 0 Å². The number of aromatic nitrogens is 1. The molecule has 1 rings (SSSR count). The summed E-state index contributed by atoms with van der Waals surface area (Å²) in [7, 11) is 0. The van der Waals surface area contributed by atoms with E-state index in [-0.39, 0.29) is 5.41 Å². The summed E-state index contributed by atoms with van der Waals surface area (Å²) >= 11 is 0. The molecule has 0 radical (unpaired) electrons. The number of hydrogen-bond acceptors (Lipinski definition) is 1. The van der Waals surface area contributed by atoms with Crippen molar-refractivity contribution in [3.63, 3.8) is 0 Å². The van der Waals surface area contributed by atoms with Gasteiger partial charge in [-0.2, -0.15) is 5.26 Å². The number of nitrogens with zero attached hydrogens (tertiary/aromatic N) is 2. The lowest BCUT2D eigenvalue weighted by molar-refractivity contribution is 0.414. The molecule has 0 aliphatic heterocycles. The fourth-order valence-electron chi connectivity index (χ4n) is 1.91. The van der Waals surface area contributed by atoms with Crippen LogP contribution in [-0.4, -0.2) is 4.57 Å². The average molecular weight is 218 g/mol. The summed E-state index contributed by atoms with van der Waals surface area (Å²) in [5, 5.41) is 8.94. The Morgan fingerprint density at radius 3 is 2.38 bits per heavy atom. The highest BCUT2D eigenvalue weighted by atomic mass is 15.0. The molecule has 1 aromatic heterocycles. The number of nitriles is 1. The van der Waals surface area contributed by atoms with Crippen molar-refractivity contribution < 1.29 is 0 Å². The minimum absolute atomic E-state index is 0.189. The predicted octanol–water partition coefficient (Wildman–Crippen LogP) is 3.74. The van der Waals surface area contributed by atoms with E-state index in [1.54, 1.807) is 0 Å². The maximum Gasteiger partial charge on any atom is 0.0683 e. The van der Waals surface area contributed by atoms with Crippen molar-refractivity contribution in [1.82, 2.24) is 4.57 Å². The van der Waals surface area contributed by atoms with Gasteiger partial charge in [-0.3, -0.25) is 0 Å². The minimum Gasteiger partial charge on any atom is -0.351 e. The molecule has 88 valence electrons. The standard InChI is InChI=1S/C14H22N2/c1-11-9-16(13(3)12(11)2)8-6-7-14(4,5)10-15/h9H,6-8H2,1-5H3. The van der Waals surface area contributed by atoms with Crippen LogP contribution in [0.1, 0.15) is 43.5 Å². The van der Waals surface area contributed by atoms with E-state index in [1.165, 1.54) is 16.8 Å². The van der Waals surface area contributed by atoms with Gasteiger partial charge in [0.15, 0.2) is 0 Å². The Morgan fingerprint density at radius 1 is 1.31 bits per heavy atom. The maximum absolute atomic E-state index is 8.94. The molecular weight excluding hydrogens is 196 g/mol. The molecule has 2 nitrogen and oxygen atoms in total. The Bertz CT molecular complexity index is 405. The Hall–Kier alpha value is -1.23. The van der Waals surface area contributed by atoms with E-state index in [1.807, 2.05) is 13.8 Å². The van der Waals surface area contributed by atoms with E-state index >= 15 is 0 Å². The van der Waals surface area contributed by atoms with Crippen LogP contribution >= 0.6 is 0 Å². The van der Waals surface area contributed by atoms with Crippen LogP contribution in [0.4, 0.5) is 0 Å². The van der Waals surface area contributed by atoms with Crippen molar-refractivity contribution in [1.29, 1.82) is 5.26 Å². The molecule has 0 saturated carbocycles. The second-order valence-corrected chi connectivity index (χ2v) is 5.32. The van der Waals surface area contributed by atoms with Gasteiger partial charge >= 0.3 is 0 Å². The molecule has 0 N–H and O–H groups in total. The highest BCUT2D eigenvalue weighted by Gasteiger charge is 2.16. The van der Waals surface area contributed by atoms with Gasteiger partial charge in [0, 0.05) is 18.4 Å². The largest absolute Gasteiger partial charge is 0.351 e. The first kappa shape index (κ1) is 12.8. The molecule has 0 amide bonds. The van der Waals surface area contributed by atoms with E-state index in [4.69, 9.17) is 5.26 Å². The molecule has 0 fully saturated rings. The molecule has 0 unspecified atom stereocenters. The Labute approximate surface area is 98.9 Å². The van der Waals surface area contributed by atoms with Crippen LogP contribution in [0.15, 0.2) is 6.20 Å². The fraction of sp³-hybridized carbons (Fsp3) is 0.643. The SMILES string of the molecule is Cc1cn(CCCC(C)(C)C#N)c(C)c1C. The van der Waals surface area contributed by atoms with Gasteiger partial charge in [0.25, 0.3) is 0 Å². The lowest BCUT2D eigenvalue weighted by Gasteiger charge is -2.15. The maximum atomic E-state index is 8.94. The summed E-state index contributed by atoms with van der Waals surface area (Å²) < 4.78 is 2.30. The van der Waals surface area contributed by atoms with E-state index in [0.717, 1.165) is 19.4 Å². The van der Waals surface area contributed by atoms with Gasteiger partial charge in [0.1, 0.15) is 0 Å². The van der Waals surface area contributed by atoms with Crippen molar-refractivity contribution in [3.8, 4) is 6.07 Å². The normalized spacial score (nSPS) is 11.5. The van der Waals surface area contributed by atoms with E-state index in [2.05, 4.69) is 37.6 Å². The molecule has 0 aliphatic carbocycles. The van der Waals surface area contributed by atoms with Gasteiger partial charge in [-0.05, 0) is 58.6 Å². The first-order chi connectivity index (χ1) is 7.37. The van der Waals surface area contributed by atoms with E-state index < -0.39 is 0 Å². The van der Waals surface area contributed by atoms with E-state index in [9.17, 15) is 0 Å². The third-order valence-corrected chi connectivity index (χ3v) is 3.42. The molecular formula is C14H22N2. The van der Waals surface area contributed by atoms with E-state index in [0.29, 0.717) is 0 Å². The lowest BCUT2D eigenvalue weighted by atomic mass is 9.90. The zero-order valence-corrected chi connectivity index (χ0v) is 11.1. The van der Waals surface area contributed by atoms with Crippen molar-refractivity contribution in [2.45, 2.75) is 54.0 Å². The zero-order valence-electron chi connectivity index (χ0n) is 11.1. The van der Waals surface area contributed by atoms with Gasteiger partial charge in [-0.15, -0.1) is 0 Å². The minimum atomic E-state index is -0.189. The second kappa shape index (κ2) is 4.74. The summed E-state index contributed by atoms with van der Waals surface area (Å²) in [6, 6.07) is 2.35. The van der Waals surface area contributed by atoms with Gasteiger partial charge < -0.3 is 4.57 Å². The lowest BCUT2D eigenvalue weighted by Crippen LogP contribution is -2.09. The van der Waals surface area contributed by atoms with Crippen molar-refractivity contribution in [2.24, 2.45) is 5.41 Å². The number of aryl methyl sites for hydroxylation is 2. The summed E-state index contributed by atoms with van der Waals surface area (Å²) in [5.41, 5.74) is 3.91. The van der Waals surface area contributed by atoms with Gasteiger partial charge in [0.2, 0.25) is 0 Å². The van der Waals surface area contributed by atoms with Crippen LogP contribution in [0.2, 0.25) is 0 Å². The van der Waals surface area contributed by atoms with Crippen LogP contribution in [0, 0.1) is 37.5 Å². The van der Waals surface area contributed by atoms with Crippen molar-refractivity contribution in [3.05, 3.63) is 23.0 Å². The van der Waals surface area contributed by atoms with Crippen LogP contribution in [-0.2, 0) is 6.54 Å². The Morgan fingerprint density at radius 2 is 1.94 bits per heavy atom. The fourth-order valence-corrected chi connectivity index (χ4v) is 1.91. The highest BCUT2D eigenvalue weighted by molar-refractivity contribution is 5.28. The number of rotatable bonds is 4. The van der Waals surface area contributed by atoms with Crippen LogP contribution in [0.25, 0.3) is 0 Å². The topological polar surface area (TPSA) is 28.7 Å². The zero-order chi connectivity index (χ0) is 12.3. The van der Waals surface area contributed by atoms with Gasteiger partial charge in [-0.1, -0.05) is 0 Å². The average Bonchev–Trinajstić information content (AvgIpc) is 2.46. The second-order valence-electron chi connectivity index (χ2n) is 5.32. The smallest absolute Gasteiger partial charge is 0.0683 e. The molecule has 1 heterocycles. The quantitative estimate of drug-likeness (QED) is 0.756. The predicted molar refractivity (Wildman–Crippen MR) is 67.3 cm³/mol. The third-order valence-electron chi connectivity index (χ3n) is 3.42. The monoisotopic (exact) mass is 218 g/mol. The molecule has 0 saturated heterocycles. The molecule has 0 bridgehead atoms. The summed E-state index contributed by atoms with van der Waals surface area (Å²) in [4.78, 5) is 0. The van der Waals surface area contributed by atoms with Crippen LogP contribution in [0.3, 0.4) is 0 Å². The van der Waals surface area contributed by atoms with Gasteiger partial charge in [0.05, 0.1) is 11.5 Å². The summed E-state index contributed by atoms with van der Waals surface area (Å²) in [5.74, 6) is 0. The van der Waals surface area contributed by atoms with Crippen molar-refractivity contribution >= 4 is 0 Å². The summed E-state index contributed by atoms with van der Waals surface area (Å²) in [6.45, 7) is 11.5. The molecule has 0 atom stereocenters. The van der Waals surface area contributed by atoms with Crippen molar-refractivity contribution in [2.75, 3.05) is 0 Å². The first-order valence-corrected chi connectivity index (χ1v) is 5.91. The Balaban J connectivity index is 2.57.